The molecule has 0 bridgehead atoms. The van der Waals surface area contributed by atoms with Gasteiger partial charge in [-0.2, -0.15) is 0 Å². The number of quaternary nitrogens is 1. The van der Waals surface area contributed by atoms with E-state index in [1.807, 2.05) is 24.3 Å². The van der Waals surface area contributed by atoms with Gasteiger partial charge in [0.25, 0.3) is 11.8 Å². The molecule has 2 amide bonds. The molecule has 1 aliphatic heterocycles. The zero-order valence-electron chi connectivity index (χ0n) is 15.6. The first-order chi connectivity index (χ1) is 13.2. The molecule has 1 aromatic heterocycles. The Labute approximate surface area is 163 Å². The van der Waals surface area contributed by atoms with Gasteiger partial charge in [0.2, 0.25) is 0 Å². The quantitative estimate of drug-likeness (QED) is 0.714. The zero-order chi connectivity index (χ0) is 18.8. The van der Waals surface area contributed by atoms with Crippen LogP contribution >= 0.6 is 11.3 Å². The Morgan fingerprint density at radius 1 is 1.26 bits per heavy atom. The summed E-state index contributed by atoms with van der Waals surface area (Å²) in [5.41, 5.74) is 2.72. The van der Waals surface area contributed by atoms with Gasteiger partial charge in [-0.25, -0.2) is 0 Å². The highest BCUT2D eigenvalue weighted by Crippen LogP contribution is 2.42. The van der Waals surface area contributed by atoms with Gasteiger partial charge >= 0.3 is 0 Å². The van der Waals surface area contributed by atoms with E-state index in [-0.39, 0.29) is 11.8 Å². The smallest absolute Gasteiger partial charge is 0.279 e. The van der Waals surface area contributed by atoms with E-state index in [9.17, 15) is 9.59 Å². The summed E-state index contributed by atoms with van der Waals surface area (Å²) in [6.45, 7) is 3.96. The number of fused-ring (bicyclic) bond motifs is 1. The van der Waals surface area contributed by atoms with E-state index in [1.54, 1.807) is 18.2 Å². The Bertz CT molecular complexity index is 843. The predicted molar refractivity (Wildman–Crippen MR) is 107 cm³/mol. The van der Waals surface area contributed by atoms with Crippen molar-refractivity contribution in [3.05, 3.63) is 51.7 Å². The number of carbonyl (C=O) groups excluding carboxylic acids is 2. The summed E-state index contributed by atoms with van der Waals surface area (Å²) < 4.78 is 0. The number of hydrogen-bond donors (Lipinski definition) is 3. The van der Waals surface area contributed by atoms with Gasteiger partial charge in [-0.15, -0.1) is 11.3 Å². The average molecular weight is 385 g/mol. The van der Waals surface area contributed by atoms with Gasteiger partial charge in [-0.3, -0.25) is 9.59 Å². The largest absolute Gasteiger partial charge is 0.352 e. The molecule has 2 aromatic rings. The molecule has 2 heterocycles. The second kappa shape index (κ2) is 7.82. The second-order valence-corrected chi connectivity index (χ2v) is 8.44. The van der Waals surface area contributed by atoms with Gasteiger partial charge in [-0.05, 0) is 49.4 Å². The van der Waals surface area contributed by atoms with Crippen LogP contribution in [0.2, 0.25) is 0 Å². The Morgan fingerprint density at radius 3 is 2.89 bits per heavy atom. The first kappa shape index (κ1) is 18.2. The molecule has 1 unspecified atom stereocenters. The Hall–Kier alpha value is -2.18. The molecule has 6 heteroatoms. The maximum absolute atomic E-state index is 12.7. The summed E-state index contributed by atoms with van der Waals surface area (Å²) in [6, 6.07) is 9.87. The van der Waals surface area contributed by atoms with Crippen LogP contribution in [-0.4, -0.2) is 31.4 Å². The molecule has 142 valence electrons. The molecule has 4 rings (SSSR count). The fourth-order valence-corrected chi connectivity index (χ4v) is 5.04. The summed E-state index contributed by atoms with van der Waals surface area (Å²) in [4.78, 5) is 27.6. The SMILES string of the molecule is CCNC(=O)c1cccc(NC(=O)C[NH+]2CCc3sccc3[C@H]2C2CC2)c1. The van der Waals surface area contributed by atoms with E-state index in [2.05, 4.69) is 22.1 Å². The van der Waals surface area contributed by atoms with Gasteiger partial charge in [0, 0.05) is 40.6 Å². The number of nitrogens with one attached hydrogen (secondary N) is 3. The van der Waals surface area contributed by atoms with Crippen LogP contribution in [0.15, 0.2) is 35.7 Å². The Morgan fingerprint density at radius 2 is 2.11 bits per heavy atom. The number of rotatable bonds is 6. The Balaban J connectivity index is 1.42. The highest BCUT2D eigenvalue weighted by atomic mass is 32.1. The maximum Gasteiger partial charge on any atom is 0.279 e. The van der Waals surface area contributed by atoms with Crippen molar-refractivity contribution in [3.8, 4) is 0 Å². The molecule has 5 nitrogen and oxygen atoms in total. The molecule has 0 radical (unpaired) electrons. The second-order valence-electron chi connectivity index (χ2n) is 7.44. The van der Waals surface area contributed by atoms with Crippen LogP contribution in [0.3, 0.4) is 0 Å². The van der Waals surface area contributed by atoms with Crippen molar-refractivity contribution >= 4 is 28.8 Å². The minimum Gasteiger partial charge on any atom is -0.352 e. The van der Waals surface area contributed by atoms with E-state index in [1.165, 1.54) is 28.2 Å². The van der Waals surface area contributed by atoms with Crippen LogP contribution < -0.4 is 15.5 Å². The molecule has 1 aliphatic carbocycles. The summed E-state index contributed by atoms with van der Waals surface area (Å²) in [5, 5.41) is 7.96. The van der Waals surface area contributed by atoms with E-state index in [0.717, 1.165) is 18.9 Å². The van der Waals surface area contributed by atoms with Crippen molar-refractivity contribution in [2.24, 2.45) is 5.92 Å². The highest BCUT2D eigenvalue weighted by Gasteiger charge is 2.43. The predicted octanol–water partition coefficient (Wildman–Crippen LogP) is 2.03. The lowest BCUT2D eigenvalue weighted by Crippen LogP contribution is -3.14. The fourth-order valence-electron chi connectivity index (χ4n) is 4.11. The fraction of sp³-hybridized carbons (Fsp3) is 0.429. The standard InChI is InChI=1S/C21H25N3O2S/c1-2-22-21(26)15-4-3-5-16(12-15)23-19(25)13-24-10-8-18-17(9-11-27-18)20(24)14-6-7-14/h3-5,9,11-12,14,20H,2,6-8,10,13H2,1H3,(H,22,26)(H,23,25)/p+1/t20-/m1/s1. The average Bonchev–Trinajstić information content (AvgIpc) is 3.38. The zero-order valence-corrected chi connectivity index (χ0v) is 16.4. The molecule has 1 saturated carbocycles. The molecule has 0 saturated heterocycles. The van der Waals surface area contributed by atoms with E-state index >= 15 is 0 Å². The molecule has 1 aromatic carbocycles. The molecule has 2 atom stereocenters. The minimum absolute atomic E-state index is 0.0161. The van der Waals surface area contributed by atoms with Gasteiger partial charge in [0.15, 0.2) is 6.54 Å². The maximum atomic E-state index is 12.7. The highest BCUT2D eigenvalue weighted by molar-refractivity contribution is 7.10. The van der Waals surface area contributed by atoms with Crippen molar-refractivity contribution in [1.82, 2.24) is 5.32 Å². The van der Waals surface area contributed by atoms with Gasteiger partial charge in [-0.1, -0.05) is 6.07 Å². The van der Waals surface area contributed by atoms with Crippen LogP contribution in [0.25, 0.3) is 0 Å². The van der Waals surface area contributed by atoms with Gasteiger partial charge in [0.1, 0.15) is 6.04 Å². The summed E-state index contributed by atoms with van der Waals surface area (Å²) in [6.07, 6.45) is 3.62. The first-order valence-electron chi connectivity index (χ1n) is 9.74. The number of thiophene rings is 1. The third-order valence-corrected chi connectivity index (χ3v) is 6.45. The topological polar surface area (TPSA) is 62.6 Å². The van der Waals surface area contributed by atoms with Crippen molar-refractivity contribution in [3.63, 3.8) is 0 Å². The molecule has 2 aliphatic rings. The van der Waals surface area contributed by atoms with Crippen molar-refractivity contribution in [1.29, 1.82) is 0 Å². The van der Waals surface area contributed by atoms with Crippen molar-refractivity contribution in [2.75, 3.05) is 25.0 Å². The van der Waals surface area contributed by atoms with Crippen LogP contribution in [0.1, 0.15) is 46.6 Å². The minimum atomic E-state index is -0.117. The van der Waals surface area contributed by atoms with Gasteiger partial charge in [0.05, 0.1) is 6.54 Å². The molecule has 3 N–H and O–H groups in total. The third kappa shape index (κ3) is 4.06. The number of amides is 2. The first-order valence-corrected chi connectivity index (χ1v) is 10.6. The van der Waals surface area contributed by atoms with Crippen LogP contribution in [-0.2, 0) is 11.2 Å². The summed E-state index contributed by atoms with van der Waals surface area (Å²) in [7, 11) is 0. The van der Waals surface area contributed by atoms with Gasteiger partial charge < -0.3 is 15.5 Å². The van der Waals surface area contributed by atoms with Crippen LogP contribution in [0.4, 0.5) is 5.69 Å². The van der Waals surface area contributed by atoms with Crippen molar-refractivity contribution < 1.29 is 14.5 Å². The molecule has 1 fully saturated rings. The molecular formula is C21H26N3O2S+. The third-order valence-electron chi connectivity index (χ3n) is 5.45. The summed E-state index contributed by atoms with van der Waals surface area (Å²) >= 11 is 1.85. The van der Waals surface area contributed by atoms with Crippen molar-refractivity contribution in [2.45, 2.75) is 32.2 Å². The van der Waals surface area contributed by atoms with Crippen LogP contribution in [0, 0.1) is 5.92 Å². The lowest BCUT2D eigenvalue weighted by atomic mass is 9.96. The van der Waals surface area contributed by atoms with E-state index in [0.29, 0.717) is 30.4 Å². The van der Waals surface area contributed by atoms with Crippen LogP contribution in [0.5, 0.6) is 0 Å². The molecule has 0 spiro atoms. The monoisotopic (exact) mass is 384 g/mol. The number of hydrogen-bond acceptors (Lipinski definition) is 3. The summed E-state index contributed by atoms with van der Waals surface area (Å²) in [5.74, 6) is 0.624. The number of carbonyl (C=O) groups is 2. The molecule has 27 heavy (non-hydrogen) atoms. The lowest BCUT2D eigenvalue weighted by molar-refractivity contribution is -0.928. The molecular weight excluding hydrogens is 358 g/mol. The van der Waals surface area contributed by atoms with E-state index in [4.69, 9.17) is 0 Å². The lowest BCUT2D eigenvalue weighted by Gasteiger charge is -2.32. The van der Waals surface area contributed by atoms with E-state index < -0.39 is 0 Å². The number of benzene rings is 1. The number of anilines is 1. The Kier molecular flexibility index (Phi) is 5.27. The normalized spacial score (nSPS) is 21.4.